The van der Waals surface area contributed by atoms with Crippen LogP contribution in [0.4, 0.5) is 5.69 Å². The van der Waals surface area contributed by atoms with Crippen LogP contribution in [0, 0.1) is 6.92 Å². The van der Waals surface area contributed by atoms with Gasteiger partial charge in [0.15, 0.2) is 0 Å². The van der Waals surface area contributed by atoms with Gasteiger partial charge in [-0.05, 0) is 48.2 Å². The molecule has 3 aromatic rings. The highest BCUT2D eigenvalue weighted by Gasteiger charge is 2.09. The van der Waals surface area contributed by atoms with Crippen LogP contribution in [0.1, 0.15) is 5.56 Å². The molecule has 0 aliphatic carbocycles. The minimum Gasteiger partial charge on any atom is -0.495 e. The molecule has 0 saturated carbocycles. The van der Waals surface area contributed by atoms with Crippen molar-refractivity contribution in [3.63, 3.8) is 0 Å². The number of aromatic nitrogens is 2. The zero-order chi connectivity index (χ0) is 17.6. The SMILES string of the molecule is COc1ccc(C)cc1NC(=O)CSc1ccc(-c2cccs2)nn1. The van der Waals surface area contributed by atoms with Gasteiger partial charge in [-0.15, -0.1) is 21.5 Å². The number of methoxy groups -OCH3 is 1. The number of anilines is 1. The van der Waals surface area contributed by atoms with Crippen LogP contribution in [0.15, 0.2) is 52.9 Å². The predicted octanol–water partition coefficient (Wildman–Crippen LogP) is 4.25. The lowest BCUT2D eigenvalue weighted by atomic mass is 10.2. The molecule has 2 heterocycles. The number of aryl methyl sites for hydroxylation is 1. The predicted molar refractivity (Wildman–Crippen MR) is 102 cm³/mol. The number of carbonyl (C=O) groups is 1. The van der Waals surface area contributed by atoms with Gasteiger partial charge in [-0.1, -0.05) is 23.9 Å². The second-order valence-electron chi connectivity index (χ2n) is 5.27. The number of rotatable bonds is 6. The Morgan fingerprint density at radius 3 is 2.80 bits per heavy atom. The average molecular weight is 371 g/mol. The lowest BCUT2D eigenvalue weighted by Crippen LogP contribution is -2.15. The zero-order valence-corrected chi connectivity index (χ0v) is 15.5. The molecule has 0 unspecified atom stereocenters. The minimum atomic E-state index is -0.113. The van der Waals surface area contributed by atoms with Gasteiger partial charge in [0.05, 0.1) is 23.4 Å². The maximum atomic E-state index is 12.2. The third-order valence-corrected chi connectivity index (χ3v) is 5.21. The fraction of sp³-hybridized carbons (Fsp3) is 0.167. The third-order valence-electron chi connectivity index (χ3n) is 3.39. The molecule has 0 aliphatic rings. The molecule has 0 atom stereocenters. The van der Waals surface area contributed by atoms with Crippen molar-refractivity contribution < 1.29 is 9.53 Å². The van der Waals surface area contributed by atoms with Crippen molar-refractivity contribution in [2.45, 2.75) is 11.9 Å². The van der Waals surface area contributed by atoms with E-state index in [0.717, 1.165) is 16.1 Å². The topological polar surface area (TPSA) is 64.1 Å². The first kappa shape index (κ1) is 17.4. The highest BCUT2D eigenvalue weighted by atomic mass is 32.2. The lowest BCUT2D eigenvalue weighted by molar-refractivity contribution is -0.113. The molecule has 0 radical (unpaired) electrons. The summed E-state index contributed by atoms with van der Waals surface area (Å²) in [5, 5.41) is 14.0. The summed E-state index contributed by atoms with van der Waals surface area (Å²) in [6, 6.07) is 13.5. The largest absolute Gasteiger partial charge is 0.495 e. The summed E-state index contributed by atoms with van der Waals surface area (Å²) < 4.78 is 5.27. The van der Waals surface area contributed by atoms with Gasteiger partial charge in [-0.25, -0.2) is 0 Å². The molecule has 2 aromatic heterocycles. The van der Waals surface area contributed by atoms with E-state index in [2.05, 4.69) is 15.5 Å². The standard InChI is InChI=1S/C18H17N3O2S2/c1-12-5-7-15(23-2)14(10-12)19-17(22)11-25-18-8-6-13(20-21-18)16-4-3-9-24-16/h3-10H,11H2,1-2H3,(H,19,22). The molecular weight excluding hydrogens is 354 g/mol. The van der Waals surface area contributed by atoms with Crippen LogP contribution in [0.3, 0.4) is 0 Å². The molecule has 25 heavy (non-hydrogen) atoms. The van der Waals surface area contributed by atoms with Crippen LogP contribution in [0.25, 0.3) is 10.6 Å². The van der Waals surface area contributed by atoms with E-state index in [-0.39, 0.29) is 11.7 Å². The number of thioether (sulfide) groups is 1. The van der Waals surface area contributed by atoms with Gasteiger partial charge in [0.25, 0.3) is 0 Å². The lowest BCUT2D eigenvalue weighted by Gasteiger charge is -2.10. The summed E-state index contributed by atoms with van der Waals surface area (Å²) in [7, 11) is 1.58. The number of nitrogens with one attached hydrogen (secondary N) is 1. The Bertz CT molecular complexity index is 849. The van der Waals surface area contributed by atoms with Crippen molar-refractivity contribution in [2.24, 2.45) is 0 Å². The fourth-order valence-electron chi connectivity index (χ4n) is 2.20. The van der Waals surface area contributed by atoms with Gasteiger partial charge in [0.1, 0.15) is 16.5 Å². The van der Waals surface area contributed by atoms with Crippen molar-refractivity contribution in [2.75, 3.05) is 18.2 Å². The Morgan fingerprint density at radius 2 is 2.12 bits per heavy atom. The summed E-state index contributed by atoms with van der Waals surface area (Å²) >= 11 is 2.97. The smallest absolute Gasteiger partial charge is 0.234 e. The second-order valence-corrected chi connectivity index (χ2v) is 7.22. The molecule has 0 bridgehead atoms. The zero-order valence-electron chi connectivity index (χ0n) is 13.9. The first-order valence-corrected chi connectivity index (χ1v) is 9.47. The van der Waals surface area contributed by atoms with Crippen LogP contribution in [0.2, 0.25) is 0 Å². The summed E-state index contributed by atoms with van der Waals surface area (Å²) in [6.45, 7) is 1.97. The second kappa shape index (κ2) is 8.13. The van der Waals surface area contributed by atoms with Crippen LogP contribution >= 0.6 is 23.1 Å². The van der Waals surface area contributed by atoms with Gasteiger partial charge in [-0.3, -0.25) is 4.79 Å². The number of hydrogen-bond acceptors (Lipinski definition) is 6. The van der Waals surface area contributed by atoms with Crippen molar-refractivity contribution in [3.8, 4) is 16.3 Å². The van der Waals surface area contributed by atoms with E-state index in [9.17, 15) is 4.79 Å². The Morgan fingerprint density at radius 1 is 1.24 bits per heavy atom. The number of thiophene rings is 1. The van der Waals surface area contributed by atoms with Gasteiger partial charge < -0.3 is 10.1 Å². The van der Waals surface area contributed by atoms with E-state index < -0.39 is 0 Å². The number of nitrogens with zero attached hydrogens (tertiary/aromatic N) is 2. The van der Waals surface area contributed by atoms with E-state index in [1.807, 2.05) is 54.8 Å². The third kappa shape index (κ3) is 4.58. The summed E-state index contributed by atoms with van der Waals surface area (Å²) in [4.78, 5) is 13.3. The monoisotopic (exact) mass is 371 g/mol. The maximum absolute atomic E-state index is 12.2. The molecule has 5 nitrogen and oxygen atoms in total. The Labute approximate surface area is 154 Å². The number of carbonyl (C=O) groups excluding carboxylic acids is 1. The summed E-state index contributed by atoms with van der Waals surface area (Å²) in [5.41, 5.74) is 2.57. The average Bonchev–Trinajstić information content (AvgIpc) is 3.15. The molecular formula is C18H17N3O2S2. The molecule has 7 heteroatoms. The van der Waals surface area contributed by atoms with E-state index in [1.54, 1.807) is 18.4 Å². The number of amides is 1. The quantitative estimate of drug-likeness (QED) is 0.656. The van der Waals surface area contributed by atoms with Gasteiger partial charge in [0.2, 0.25) is 5.91 Å². The molecule has 0 fully saturated rings. The number of hydrogen-bond donors (Lipinski definition) is 1. The number of benzene rings is 1. The first-order valence-electron chi connectivity index (χ1n) is 7.60. The van der Waals surface area contributed by atoms with E-state index in [1.165, 1.54) is 11.8 Å². The maximum Gasteiger partial charge on any atom is 0.234 e. The molecule has 128 valence electrons. The summed E-state index contributed by atoms with van der Waals surface area (Å²) in [5.74, 6) is 0.784. The fourth-order valence-corrected chi connectivity index (χ4v) is 3.50. The van der Waals surface area contributed by atoms with Crippen molar-refractivity contribution in [1.29, 1.82) is 0 Å². The molecule has 0 saturated heterocycles. The molecule has 3 rings (SSSR count). The van der Waals surface area contributed by atoms with Gasteiger partial charge in [0, 0.05) is 0 Å². The molecule has 0 spiro atoms. The van der Waals surface area contributed by atoms with Crippen molar-refractivity contribution in [1.82, 2.24) is 10.2 Å². The molecule has 1 aromatic carbocycles. The Kier molecular flexibility index (Phi) is 5.67. The van der Waals surface area contributed by atoms with Crippen LogP contribution in [-0.2, 0) is 4.79 Å². The van der Waals surface area contributed by atoms with Gasteiger partial charge >= 0.3 is 0 Å². The normalized spacial score (nSPS) is 10.5. The van der Waals surface area contributed by atoms with Crippen molar-refractivity contribution >= 4 is 34.7 Å². The number of ether oxygens (including phenoxy) is 1. The molecule has 1 N–H and O–H groups in total. The van der Waals surface area contributed by atoms with Gasteiger partial charge in [-0.2, -0.15) is 0 Å². The van der Waals surface area contributed by atoms with E-state index in [0.29, 0.717) is 16.5 Å². The molecule has 1 amide bonds. The first-order chi connectivity index (χ1) is 12.2. The van der Waals surface area contributed by atoms with E-state index >= 15 is 0 Å². The summed E-state index contributed by atoms with van der Waals surface area (Å²) in [6.07, 6.45) is 0. The highest BCUT2D eigenvalue weighted by molar-refractivity contribution is 7.99. The highest BCUT2D eigenvalue weighted by Crippen LogP contribution is 2.26. The van der Waals surface area contributed by atoms with Crippen LogP contribution in [-0.4, -0.2) is 29.0 Å². The van der Waals surface area contributed by atoms with Crippen LogP contribution in [0.5, 0.6) is 5.75 Å². The minimum absolute atomic E-state index is 0.113. The Hall–Kier alpha value is -2.38. The molecule has 0 aliphatic heterocycles. The van der Waals surface area contributed by atoms with Crippen LogP contribution < -0.4 is 10.1 Å². The van der Waals surface area contributed by atoms with E-state index in [4.69, 9.17) is 4.74 Å². The van der Waals surface area contributed by atoms with Crippen molar-refractivity contribution in [3.05, 3.63) is 53.4 Å². The Balaban J connectivity index is 1.58.